The molecule has 0 aliphatic carbocycles. The van der Waals surface area contributed by atoms with E-state index in [4.69, 9.17) is 9.47 Å². The van der Waals surface area contributed by atoms with Gasteiger partial charge in [-0.25, -0.2) is 4.98 Å². The molecule has 2 aromatic heterocycles. The summed E-state index contributed by atoms with van der Waals surface area (Å²) in [6.45, 7) is 2.93. The van der Waals surface area contributed by atoms with Crippen LogP contribution < -0.4 is 4.90 Å². The maximum atomic E-state index is 5.56. The molecule has 7 nitrogen and oxygen atoms in total. The molecule has 19 heavy (non-hydrogen) atoms. The second-order valence-corrected chi connectivity index (χ2v) is 4.52. The van der Waals surface area contributed by atoms with Crippen molar-refractivity contribution in [1.82, 2.24) is 19.6 Å². The zero-order chi connectivity index (χ0) is 13.1. The van der Waals surface area contributed by atoms with Crippen LogP contribution in [0.3, 0.4) is 0 Å². The highest BCUT2D eigenvalue weighted by Crippen LogP contribution is 2.22. The maximum Gasteiger partial charge on any atom is 0.203 e. The van der Waals surface area contributed by atoms with Gasteiger partial charge >= 0.3 is 0 Å². The van der Waals surface area contributed by atoms with Crippen molar-refractivity contribution >= 4 is 11.5 Å². The number of methoxy groups -OCH3 is 1. The van der Waals surface area contributed by atoms with Crippen LogP contribution in [0.15, 0.2) is 18.7 Å². The predicted molar refractivity (Wildman–Crippen MR) is 69.2 cm³/mol. The van der Waals surface area contributed by atoms with E-state index in [1.165, 1.54) is 0 Å². The summed E-state index contributed by atoms with van der Waals surface area (Å²) in [5.74, 6) is 0.865. The summed E-state index contributed by atoms with van der Waals surface area (Å²) in [6, 6.07) is 0.268. The van der Waals surface area contributed by atoms with Gasteiger partial charge in [0.1, 0.15) is 6.33 Å². The number of nitrogens with zero attached hydrogens (tertiary/aromatic N) is 5. The van der Waals surface area contributed by atoms with E-state index in [1.54, 1.807) is 19.6 Å². The van der Waals surface area contributed by atoms with Gasteiger partial charge in [0.15, 0.2) is 5.82 Å². The van der Waals surface area contributed by atoms with E-state index < -0.39 is 0 Å². The Balaban J connectivity index is 1.91. The summed E-state index contributed by atoms with van der Waals surface area (Å²) in [5, 5.41) is 8.08. The highest BCUT2D eigenvalue weighted by molar-refractivity contribution is 5.63. The smallest absolute Gasteiger partial charge is 0.203 e. The molecule has 1 fully saturated rings. The zero-order valence-corrected chi connectivity index (χ0v) is 10.9. The average Bonchev–Trinajstić information content (AvgIpc) is 2.94. The van der Waals surface area contributed by atoms with E-state index >= 15 is 0 Å². The summed E-state index contributed by atoms with van der Waals surface area (Å²) in [7, 11) is 1.71. The Morgan fingerprint density at radius 3 is 3.37 bits per heavy atom. The standard InChI is InChI=1S/C12H17N5O2/c1-18-6-2-10-8-19-7-5-17(10)11-12-15-14-9-16(12)4-3-13-11/h3-4,9-10H,2,5-8H2,1H3/t10-/m1/s1. The van der Waals surface area contributed by atoms with Crippen LogP contribution in [0.5, 0.6) is 0 Å². The minimum Gasteiger partial charge on any atom is -0.385 e. The highest BCUT2D eigenvalue weighted by atomic mass is 16.5. The second kappa shape index (κ2) is 5.50. The fourth-order valence-electron chi connectivity index (χ4n) is 2.37. The third kappa shape index (κ3) is 2.39. The van der Waals surface area contributed by atoms with E-state index in [2.05, 4.69) is 20.1 Å². The van der Waals surface area contributed by atoms with Crippen molar-refractivity contribution in [1.29, 1.82) is 0 Å². The van der Waals surface area contributed by atoms with Crippen molar-refractivity contribution in [3.8, 4) is 0 Å². The average molecular weight is 263 g/mol. The molecule has 1 aliphatic rings. The van der Waals surface area contributed by atoms with E-state index in [0.29, 0.717) is 19.8 Å². The van der Waals surface area contributed by atoms with Gasteiger partial charge in [0, 0.05) is 32.7 Å². The molecule has 0 radical (unpaired) electrons. The molecule has 0 aromatic carbocycles. The van der Waals surface area contributed by atoms with Crippen LogP contribution >= 0.6 is 0 Å². The van der Waals surface area contributed by atoms with Crippen LogP contribution in [0.1, 0.15) is 6.42 Å². The molecule has 1 saturated heterocycles. The van der Waals surface area contributed by atoms with E-state index in [9.17, 15) is 0 Å². The summed E-state index contributed by atoms with van der Waals surface area (Å²) in [4.78, 5) is 6.71. The van der Waals surface area contributed by atoms with Crippen molar-refractivity contribution in [2.24, 2.45) is 0 Å². The topological polar surface area (TPSA) is 64.8 Å². The second-order valence-electron chi connectivity index (χ2n) is 4.52. The van der Waals surface area contributed by atoms with Gasteiger partial charge < -0.3 is 14.4 Å². The van der Waals surface area contributed by atoms with Gasteiger partial charge in [0.05, 0.1) is 19.3 Å². The van der Waals surface area contributed by atoms with Crippen LogP contribution in [-0.2, 0) is 9.47 Å². The van der Waals surface area contributed by atoms with Gasteiger partial charge in [-0.05, 0) is 6.42 Å². The summed E-state index contributed by atoms with van der Waals surface area (Å²) in [6.07, 6.45) is 6.22. The Bertz CT molecular complexity index is 544. The van der Waals surface area contributed by atoms with Crippen LogP contribution in [0.2, 0.25) is 0 Å². The Kier molecular flexibility index (Phi) is 3.56. The van der Waals surface area contributed by atoms with Crippen molar-refractivity contribution in [3.05, 3.63) is 18.7 Å². The van der Waals surface area contributed by atoms with Gasteiger partial charge in [-0.1, -0.05) is 0 Å². The molecule has 3 heterocycles. The monoisotopic (exact) mass is 263 g/mol. The first kappa shape index (κ1) is 12.3. The quantitative estimate of drug-likeness (QED) is 0.794. The first-order chi connectivity index (χ1) is 9.40. The lowest BCUT2D eigenvalue weighted by Gasteiger charge is -2.36. The molecular weight excluding hydrogens is 246 g/mol. The van der Waals surface area contributed by atoms with Gasteiger partial charge in [0.25, 0.3) is 0 Å². The molecule has 0 N–H and O–H groups in total. The van der Waals surface area contributed by atoms with Crippen molar-refractivity contribution in [3.63, 3.8) is 0 Å². The third-order valence-electron chi connectivity index (χ3n) is 3.35. The minimum absolute atomic E-state index is 0.268. The number of anilines is 1. The Labute approximate surface area is 111 Å². The van der Waals surface area contributed by atoms with Gasteiger partial charge in [-0.2, -0.15) is 0 Å². The largest absolute Gasteiger partial charge is 0.385 e. The van der Waals surface area contributed by atoms with Crippen LogP contribution in [0.4, 0.5) is 5.82 Å². The molecule has 0 spiro atoms. The fraction of sp³-hybridized carbons (Fsp3) is 0.583. The normalized spacial score (nSPS) is 20.1. The number of hydrogen-bond donors (Lipinski definition) is 0. The molecular formula is C12H17N5O2. The summed E-state index contributed by atoms with van der Waals surface area (Å²) >= 11 is 0. The SMILES string of the molecule is COCC[C@@H]1COCCN1c1nccn2cnnc12. The lowest BCUT2D eigenvalue weighted by atomic mass is 10.1. The Hall–Kier alpha value is -1.73. The van der Waals surface area contributed by atoms with E-state index in [1.807, 2.05) is 10.6 Å². The molecule has 0 bridgehead atoms. The number of ether oxygens (including phenoxy) is 2. The lowest BCUT2D eigenvalue weighted by Crippen LogP contribution is -2.46. The Morgan fingerprint density at radius 1 is 1.53 bits per heavy atom. The maximum absolute atomic E-state index is 5.56. The number of rotatable bonds is 4. The van der Waals surface area contributed by atoms with Gasteiger partial charge in [-0.15, -0.1) is 10.2 Å². The van der Waals surface area contributed by atoms with Crippen LogP contribution in [0, 0.1) is 0 Å². The van der Waals surface area contributed by atoms with E-state index in [0.717, 1.165) is 24.4 Å². The molecule has 1 aliphatic heterocycles. The van der Waals surface area contributed by atoms with E-state index in [-0.39, 0.29) is 6.04 Å². The lowest BCUT2D eigenvalue weighted by molar-refractivity contribution is 0.0795. The van der Waals surface area contributed by atoms with Gasteiger partial charge in [-0.3, -0.25) is 4.40 Å². The highest BCUT2D eigenvalue weighted by Gasteiger charge is 2.26. The zero-order valence-electron chi connectivity index (χ0n) is 10.9. The molecule has 2 aromatic rings. The molecule has 0 amide bonds. The van der Waals surface area contributed by atoms with Gasteiger partial charge in [0.2, 0.25) is 5.65 Å². The number of hydrogen-bond acceptors (Lipinski definition) is 6. The summed E-state index contributed by atoms with van der Waals surface area (Å²) < 4.78 is 12.6. The van der Waals surface area contributed by atoms with Crippen molar-refractivity contribution < 1.29 is 9.47 Å². The fourth-order valence-corrected chi connectivity index (χ4v) is 2.37. The van der Waals surface area contributed by atoms with Crippen molar-refractivity contribution in [2.45, 2.75) is 12.5 Å². The molecule has 102 valence electrons. The number of morpholine rings is 1. The van der Waals surface area contributed by atoms with Crippen molar-refractivity contribution in [2.75, 3.05) is 38.4 Å². The Morgan fingerprint density at radius 2 is 2.47 bits per heavy atom. The number of fused-ring (bicyclic) bond motifs is 1. The first-order valence-electron chi connectivity index (χ1n) is 6.38. The third-order valence-corrected chi connectivity index (χ3v) is 3.35. The number of aromatic nitrogens is 4. The summed E-state index contributed by atoms with van der Waals surface area (Å²) in [5.41, 5.74) is 0.784. The van der Waals surface area contributed by atoms with Crippen LogP contribution in [-0.4, -0.2) is 59.1 Å². The molecule has 0 unspecified atom stereocenters. The molecule has 1 atom stereocenters. The first-order valence-corrected chi connectivity index (χ1v) is 6.38. The molecule has 3 rings (SSSR count). The molecule has 7 heteroatoms. The predicted octanol–water partition coefficient (Wildman–Crippen LogP) is 0.366. The minimum atomic E-state index is 0.268. The molecule has 0 saturated carbocycles. The van der Waals surface area contributed by atoms with Crippen LogP contribution in [0.25, 0.3) is 5.65 Å².